The van der Waals surface area contributed by atoms with Gasteiger partial charge >= 0.3 is 0 Å². The molecule has 0 radical (unpaired) electrons. The van der Waals surface area contributed by atoms with Crippen LogP contribution in [0.3, 0.4) is 0 Å². The Morgan fingerprint density at radius 2 is 0.800 bits per heavy atom. The van der Waals surface area contributed by atoms with Crippen LogP contribution in [0.4, 0.5) is 0 Å². The molecule has 0 unspecified atom stereocenters. The van der Waals surface area contributed by atoms with Crippen molar-refractivity contribution in [2.45, 2.75) is 0 Å². The lowest BCUT2D eigenvalue weighted by Crippen LogP contribution is -1.95. The molecule has 0 aliphatic carbocycles. The second-order valence-corrected chi connectivity index (χ2v) is 11.5. The van der Waals surface area contributed by atoms with Crippen molar-refractivity contribution in [3.63, 3.8) is 0 Å². The summed E-state index contributed by atoms with van der Waals surface area (Å²) < 4.78 is 0. The molecule has 45 heavy (non-hydrogen) atoms. The normalized spacial score (nSPS) is 12.2. The Labute approximate surface area is 253 Å². The summed E-state index contributed by atoms with van der Waals surface area (Å²) in [5, 5.41) is 86.6. The molecule has 7 nitrogen and oxygen atoms in total. The van der Waals surface area contributed by atoms with Crippen molar-refractivity contribution >= 4 is 75.4 Å². The quantitative estimate of drug-likeness (QED) is 0.0438. The first-order chi connectivity index (χ1) is 21.8. The molecule has 9 aromatic rings. The Morgan fingerprint density at radius 3 is 1.56 bits per heavy atom. The maximum absolute atomic E-state index is 11.7. The Hall–Kier alpha value is -6.34. The van der Waals surface area contributed by atoms with Crippen LogP contribution < -0.4 is 0 Å². The van der Waals surface area contributed by atoms with Crippen LogP contribution in [-0.2, 0) is 0 Å². The molecule has 9 rings (SSSR count). The average Bonchev–Trinajstić information content (AvgIpc) is 3.07. The molecule has 9 aromatic carbocycles. The van der Waals surface area contributed by atoms with E-state index in [2.05, 4.69) is 0 Å². The highest BCUT2D eigenvalue weighted by molar-refractivity contribution is 6.45. The van der Waals surface area contributed by atoms with Gasteiger partial charge in [-0.15, -0.1) is 0 Å². The van der Waals surface area contributed by atoms with E-state index in [1.54, 1.807) is 12.1 Å². The molecule has 7 N–H and O–H groups in total. The number of phenolic OH excluding ortho intramolecular Hbond substituents is 7. The van der Waals surface area contributed by atoms with Crippen LogP contribution in [0.25, 0.3) is 86.5 Å². The number of phenols is 7. The monoisotopic (exact) mass is 590 g/mol. The summed E-state index contributed by atoms with van der Waals surface area (Å²) in [5.74, 6) is -5.19. The zero-order chi connectivity index (χ0) is 30.9. The third-order valence-electron chi connectivity index (χ3n) is 9.30. The Bertz CT molecular complexity index is 2780. The van der Waals surface area contributed by atoms with Gasteiger partial charge in [0.1, 0.15) is 0 Å². The minimum atomic E-state index is -0.935. The summed E-state index contributed by atoms with van der Waals surface area (Å²) in [6.07, 6.45) is 0. The molecule has 0 fully saturated rings. The molecule has 0 atom stereocenters. The molecule has 0 saturated heterocycles. The molecular weight excluding hydrogens is 568 g/mol. The van der Waals surface area contributed by atoms with Crippen molar-refractivity contribution in [3.8, 4) is 51.4 Å². The molecule has 0 spiro atoms. The number of rotatable bonds is 1. The summed E-state index contributed by atoms with van der Waals surface area (Å²) in [6.45, 7) is 0. The predicted octanol–water partition coefficient (Wildman–Crippen LogP) is 8.80. The van der Waals surface area contributed by atoms with Crippen molar-refractivity contribution < 1.29 is 35.7 Å². The summed E-state index contributed by atoms with van der Waals surface area (Å²) in [7, 11) is 0. The van der Waals surface area contributed by atoms with Gasteiger partial charge in [0.15, 0.2) is 23.0 Å². The van der Waals surface area contributed by atoms with E-state index in [0.717, 1.165) is 26.9 Å². The van der Waals surface area contributed by atoms with Crippen LogP contribution in [-0.4, -0.2) is 35.7 Å². The Morgan fingerprint density at radius 1 is 0.289 bits per heavy atom. The molecule has 0 aliphatic rings. The van der Waals surface area contributed by atoms with E-state index in [4.69, 9.17) is 0 Å². The number of hydrogen-bond acceptors (Lipinski definition) is 7. The van der Waals surface area contributed by atoms with Crippen molar-refractivity contribution in [2.24, 2.45) is 0 Å². The molecule has 0 amide bonds. The summed E-state index contributed by atoms with van der Waals surface area (Å²) in [5.41, 5.74) is 0.701. The lowest BCUT2D eigenvalue weighted by molar-refractivity contribution is 0.351. The molecule has 0 aliphatic heterocycles. The highest BCUT2D eigenvalue weighted by atomic mass is 16.3. The van der Waals surface area contributed by atoms with Gasteiger partial charge in [-0.3, -0.25) is 0 Å². The zero-order valence-electron chi connectivity index (χ0n) is 23.3. The van der Waals surface area contributed by atoms with E-state index in [9.17, 15) is 35.7 Å². The van der Waals surface area contributed by atoms with Gasteiger partial charge in [-0.1, -0.05) is 84.9 Å². The number of fused-ring (bicyclic) bond motifs is 7. The lowest BCUT2D eigenvalue weighted by Gasteiger charge is -2.24. The second kappa shape index (κ2) is 8.39. The zero-order valence-corrected chi connectivity index (χ0v) is 23.3. The highest BCUT2D eigenvalue weighted by Gasteiger charge is 2.32. The van der Waals surface area contributed by atoms with Crippen molar-refractivity contribution in [1.82, 2.24) is 0 Å². The molecule has 0 bridgehead atoms. The largest absolute Gasteiger partial charge is 0.504 e. The summed E-state index contributed by atoms with van der Waals surface area (Å²) >= 11 is 0. The van der Waals surface area contributed by atoms with Gasteiger partial charge in [0.2, 0.25) is 17.2 Å². The van der Waals surface area contributed by atoms with E-state index in [-0.39, 0.29) is 27.1 Å². The summed E-state index contributed by atoms with van der Waals surface area (Å²) in [4.78, 5) is 0. The van der Waals surface area contributed by atoms with Crippen LogP contribution in [0.5, 0.6) is 40.2 Å². The van der Waals surface area contributed by atoms with Gasteiger partial charge in [0.25, 0.3) is 0 Å². The maximum atomic E-state index is 11.7. The van der Waals surface area contributed by atoms with Crippen molar-refractivity contribution in [1.29, 1.82) is 0 Å². The van der Waals surface area contributed by atoms with Crippen LogP contribution in [0.2, 0.25) is 0 Å². The maximum Gasteiger partial charge on any atom is 0.204 e. The van der Waals surface area contributed by atoms with Crippen LogP contribution in [0.15, 0.2) is 91.0 Å². The standard InChI is InChI=1S/C38H22O7/c39-32-27-22-14-6-13-20-19-11-4-2-8-17(19)15-23(24(20)22)26-28(27)29(33(40)36(32)43)25(21-12-5-9-16-7-1-3-10-18(16)21)30-31(26)35(42)38(45)37(44)34(30)41/h1-15,39-45H. The highest BCUT2D eigenvalue weighted by Crippen LogP contribution is 2.62. The minimum absolute atomic E-state index is 0.00931. The number of aromatic hydroxyl groups is 7. The predicted molar refractivity (Wildman–Crippen MR) is 177 cm³/mol. The first kappa shape index (κ1) is 25.2. The lowest BCUT2D eigenvalue weighted by atomic mass is 9.80. The van der Waals surface area contributed by atoms with Crippen LogP contribution >= 0.6 is 0 Å². The van der Waals surface area contributed by atoms with E-state index < -0.39 is 40.2 Å². The fourth-order valence-corrected chi connectivity index (χ4v) is 7.45. The van der Waals surface area contributed by atoms with Gasteiger partial charge in [-0.25, -0.2) is 0 Å². The van der Waals surface area contributed by atoms with Crippen LogP contribution in [0.1, 0.15) is 0 Å². The molecule has 216 valence electrons. The minimum Gasteiger partial charge on any atom is -0.504 e. The van der Waals surface area contributed by atoms with Crippen molar-refractivity contribution in [3.05, 3.63) is 91.0 Å². The van der Waals surface area contributed by atoms with E-state index in [1.165, 1.54) is 0 Å². The fraction of sp³-hybridized carbons (Fsp3) is 0. The van der Waals surface area contributed by atoms with E-state index in [0.29, 0.717) is 32.5 Å². The van der Waals surface area contributed by atoms with Crippen LogP contribution in [0, 0.1) is 0 Å². The van der Waals surface area contributed by atoms with E-state index >= 15 is 0 Å². The summed E-state index contributed by atoms with van der Waals surface area (Å²) in [6, 6.07) is 28.2. The second-order valence-electron chi connectivity index (χ2n) is 11.5. The molecule has 7 heteroatoms. The Balaban J connectivity index is 1.74. The number of hydrogen-bond donors (Lipinski definition) is 7. The number of benzene rings is 9. The van der Waals surface area contributed by atoms with Gasteiger partial charge in [-0.2, -0.15) is 0 Å². The third kappa shape index (κ3) is 2.94. The van der Waals surface area contributed by atoms with E-state index in [1.807, 2.05) is 78.9 Å². The topological polar surface area (TPSA) is 142 Å². The molecule has 0 heterocycles. The smallest absolute Gasteiger partial charge is 0.204 e. The first-order valence-electron chi connectivity index (χ1n) is 14.3. The first-order valence-corrected chi connectivity index (χ1v) is 14.3. The molecule has 0 saturated carbocycles. The third-order valence-corrected chi connectivity index (χ3v) is 9.30. The molecular formula is C38H22O7. The van der Waals surface area contributed by atoms with Gasteiger partial charge in [0.05, 0.1) is 0 Å². The van der Waals surface area contributed by atoms with Gasteiger partial charge < -0.3 is 35.7 Å². The SMILES string of the molecule is Oc1c(O)c(O)c2c(c1O)c(-c1cccc3ccccc13)c1c(O)c(O)c(O)c3c4cccc5c6ccccc6cc(c54)c2c13. The van der Waals surface area contributed by atoms with Gasteiger partial charge in [0, 0.05) is 37.9 Å². The Kier molecular flexibility index (Phi) is 4.70. The molecule has 0 aromatic heterocycles. The van der Waals surface area contributed by atoms with Gasteiger partial charge in [-0.05, 0) is 54.7 Å². The fourth-order valence-electron chi connectivity index (χ4n) is 7.45. The average molecular weight is 591 g/mol. The van der Waals surface area contributed by atoms with Crippen molar-refractivity contribution in [2.75, 3.05) is 0 Å².